The number of benzene rings is 1. The molecule has 2 N–H and O–H groups in total. The summed E-state index contributed by atoms with van der Waals surface area (Å²) in [6.07, 6.45) is 1.56. The molecule has 42 heavy (non-hydrogen) atoms. The van der Waals surface area contributed by atoms with Crippen LogP contribution in [0.4, 0.5) is 13.2 Å². The number of fused-ring (bicyclic) bond motifs is 5. The summed E-state index contributed by atoms with van der Waals surface area (Å²) in [6, 6.07) is 8.58. The molecule has 8 heteroatoms. The highest BCUT2D eigenvalue weighted by atomic mass is 32.2. The number of aliphatic hydroxyl groups is 2. The molecule has 0 bridgehead atoms. The summed E-state index contributed by atoms with van der Waals surface area (Å²) in [6.45, 7) is 10.2. The molecule has 236 valence electrons. The van der Waals surface area contributed by atoms with Gasteiger partial charge in [-0.15, -0.1) is 0 Å². The molecule has 3 fully saturated rings. The fourth-order valence-corrected chi connectivity index (χ4v) is 11.3. The van der Waals surface area contributed by atoms with Crippen molar-refractivity contribution in [2.75, 3.05) is 0 Å². The Morgan fingerprint density at radius 3 is 2.26 bits per heavy atom. The molecule has 1 aromatic carbocycles. The number of aliphatic hydroxyl groups excluding tert-OH is 1. The Morgan fingerprint density at radius 2 is 1.64 bits per heavy atom. The Kier molecular flexibility index (Phi) is 8.09. The third-order valence-electron chi connectivity index (χ3n) is 12.4. The summed E-state index contributed by atoms with van der Waals surface area (Å²) < 4.78 is 69.1. The van der Waals surface area contributed by atoms with Crippen molar-refractivity contribution >= 4 is 9.84 Å². The van der Waals surface area contributed by atoms with Crippen LogP contribution in [0.3, 0.4) is 0 Å². The molecule has 0 heterocycles. The third kappa shape index (κ3) is 5.29. The molecular formula is C34H49F3O4S. The number of hydrogen-bond acceptors (Lipinski definition) is 4. The smallest absolute Gasteiger partial charge is 0.393 e. The third-order valence-corrected chi connectivity index (χ3v) is 14.6. The molecule has 4 aliphatic carbocycles. The molecule has 0 aromatic heterocycles. The van der Waals surface area contributed by atoms with Gasteiger partial charge in [-0.3, -0.25) is 0 Å². The molecule has 0 radical (unpaired) electrons. The van der Waals surface area contributed by atoms with E-state index >= 15 is 0 Å². The van der Waals surface area contributed by atoms with Gasteiger partial charge in [-0.2, -0.15) is 13.2 Å². The van der Waals surface area contributed by atoms with Crippen LogP contribution in [0.2, 0.25) is 0 Å². The lowest BCUT2D eigenvalue weighted by Gasteiger charge is -2.59. The monoisotopic (exact) mass is 610 g/mol. The van der Waals surface area contributed by atoms with Crippen molar-refractivity contribution in [3.8, 4) is 0 Å². The van der Waals surface area contributed by atoms with E-state index in [9.17, 15) is 31.8 Å². The molecule has 3 saturated carbocycles. The van der Waals surface area contributed by atoms with Crippen molar-refractivity contribution in [2.24, 2.45) is 39.9 Å². The van der Waals surface area contributed by atoms with E-state index in [2.05, 4.69) is 13.8 Å². The molecule has 0 amide bonds. The predicted octanol–water partition coefficient (Wildman–Crippen LogP) is 7.89. The zero-order valence-electron chi connectivity index (χ0n) is 25.8. The Hall–Kier alpha value is -1.38. The van der Waals surface area contributed by atoms with Gasteiger partial charge in [-0.1, -0.05) is 64.5 Å². The minimum atomic E-state index is -4.63. The number of sulfone groups is 1. The van der Waals surface area contributed by atoms with Gasteiger partial charge >= 0.3 is 6.18 Å². The highest BCUT2D eigenvalue weighted by Crippen LogP contribution is 2.68. The van der Waals surface area contributed by atoms with Gasteiger partial charge in [0, 0.05) is 6.42 Å². The zero-order chi connectivity index (χ0) is 30.9. The van der Waals surface area contributed by atoms with Gasteiger partial charge < -0.3 is 10.2 Å². The van der Waals surface area contributed by atoms with Crippen molar-refractivity contribution in [2.45, 2.75) is 127 Å². The Balaban J connectivity index is 1.40. The Morgan fingerprint density at radius 1 is 0.976 bits per heavy atom. The van der Waals surface area contributed by atoms with Crippen LogP contribution >= 0.6 is 0 Å². The lowest BCUT2D eigenvalue weighted by atomic mass is 9.46. The molecule has 1 aromatic rings. The average molecular weight is 611 g/mol. The second-order valence-electron chi connectivity index (χ2n) is 15.6. The van der Waals surface area contributed by atoms with Crippen molar-refractivity contribution < 1.29 is 31.8 Å². The standard InChI is InChI=1S/C34H49F3O4S/c1-30(2,3)29(38)20-25(42(40,41)24-9-7-6-8-10-24)19-22-12-14-27-26-13-11-23-21-33(39,34(35,36)37)18-17-32(23,5)28(26)15-16-31(22,27)4/h6-11,22,25-29,38-39H,12-21H2,1-5H3. The maximum atomic E-state index is 14.0. The average Bonchev–Trinajstić information content (AvgIpc) is 3.24. The lowest BCUT2D eigenvalue weighted by molar-refractivity contribution is -0.271. The number of allylic oxidation sites excluding steroid dienone is 1. The minimum Gasteiger partial charge on any atom is -0.393 e. The molecular weight excluding hydrogens is 561 g/mol. The summed E-state index contributed by atoms with van der Waals surface area (Å²) in [4.78, 5) is 0.300. The SMILES string of the molecule is CC(C)(C)C(O)CC(CC1CCC2C3CC=C4CC(O)(C(F)(F)F)CCC4(C)C3CCC12C)S(=O)(=O)c1ccccc1. The lowest BCUT2D eigenvalue weighted by Crippen LogP contribution is -2.55. The molecule has 0 aliphatic heterocycles. The van der Waals surface area contributed by atoms with Crippen LogP contribution in [0.25, 0.3) is 0 Å². The van der Waals surface area contributed by atoms with Crippen LogP contribution < -0.4 is 0 Å². The molecule has 9 atom stereocenters. The van der Waals surface area contributed by atoms with Gasteiger partial charge in [0.25, 0.3) is 0 Å². The zero-order valence-corrected chi connectivity index (χ0v) is 26.6. The van der Waals surface area contributed by atoms with E-state index in [4.69, 9.17) is 0 Å². The van der Waals surface area contributed by atoms with Crippen LogP contribution in [-0.4, -0.2) is 41.8 Å². The van der Waals surface area contributed by atoms with Crippen molar-refractivity contribution in [1.29, 1.82) is 0 Å². The summed E-state index contributed by atoms with van der Waals surface area (Å²) in [7, 11) is -3.67. The first kappa shape index (κ1) is 32.0. The fourth-order valence-electron chi connectivity index (χ4n) is 9.46. The minimum absolute atomic E-state index is 0.0542. The highest BCUT2D eigenvalue weighted by Gasteiger charge is 2.63. The molecule has 4 nitrogen and oxygen atoms in total. The van der Waals surface area contributed by atoms with E-state index in [0.717, 1.165) is 37.7 Å². The quantitative estimate of drug-likeness (QED) is 0.321. The topological polar surface area (TPSA) is 74.6 Å². The maximum Gasteiger partial charge on any atom is 0.417 e. The van der Waals surface area contributed by atoms with E-state index < -0.39 is 38.4 Å². The summed E-state index contributed by atoms with van der Waals surface area (Å²) in [5, 5.41) is 20.9. The Labute approximate surface area is 250 Å². The van der Waals surface area contributed by atoms with Crippen molar-refractivity contribution in [3.63, 3.8) is 0 Å². The number of alkyl halides is 3. The largest absolute Gasteiger partial charge is 0.417 e. The van der Waals surface area contributed by atoms with Gasteiger partial charge in [0.05, 0.1) is 16.2 Å². The van der Waals surface area contributed by atoms with Gasteiger partial charge in [-0.25, -0.2) is 8.42 Å². The predicted molar refractivity (Wildman–Crippen MR) is 158 cm³/mol. The first-order valence-corrected chi connectivity index (χ1v) is 17.3. The summed E-state index contributed by atoms with van der Waals surface area (Å²) >= 11 is 0. The van der Waals surface area contributed by atoms with Crippen LogP contribution in [0, 0.1) is 39.9 Å². The van der Waals surface area contributed by atoms with E-state index in [1.165, 1.54) is 0 Å². The van der Waals surface area contributed by atoms with Crippen LogP contribution in [-0.2, 0) is 9.84 Å². The highest BCUT2D eigenvalue weighted by molar-refractivity contribution is 7.92. The van der Waals surface area contributed by atoms with Crippen LogP contribution in [0.1, 0.15) is 98.8 Å². The normalized spacial score (nSPS) is 38.6. The molecule has 0 saturated heterocycles. The van der Waals surface area contributed by atoms with E-state index in [-0.39, 0.29) is 41.9 Å². The first-order chi connectivity index (χ1) is 19.3. The molecule has 9 unspecified atom stereocenters. The molecule has 5 rings (SSSR count). The van der Waals surface area contributed by atoms with Gasteiger partial charge in [0.15, 0.2) is 15.4 Å². The maximum absolute atomic E-state index is 14.0. The van der Waals surface area contributed by atoms with Gasteiger partial charge in [0.2, 0.25) is 0 Å². The molecule has 0 spiro atoms. The number of rotatable bonds is 6. The summed E-state index contributed by atoms with van der Waals surface area (Å²) in [5.41, 5.74) is -2.69. The van der Waals surface area contributed by atoms with E-state index in [1.54, 1.807) is 30.3 Å². The van der Waals surface area contributed by atoms with Crippen LogP contribution in [0.15, 0.2) is 46.9 Å². The number of halogens is 3. The van der Waals surface area contributed by atoms with Gasteiger partial charge in [-0.05, 0) is 110 Å². The second kappa shape index (κ2) is 10.6. The fraction of sp³-hybridized carbons (Fsp3) is 0.765. The van der Waals surface area contributed by atoms with E-state index in [1.807, 2.05) is 26.8 Å². The Bertz CT molecular complexity index is 1290. The summed E-state index contributed by atoms with van der Waals surface area (Å²) in [5.74, 6) is 1.20. The van der Waals surface area contributed by atoms with Crippen molar-refractivity contribution in [1.82, 2.24) is 0 Å². The first-order valence-electron chi connectivity index (χ1n) is 15.8. The second-order valence-corrected chi connectivity index (χ2v) is 17.8. The number of hydrogen-bond donors (Lipinski definition) is 2. The van der Waals surface area contributed by atoms with Crippen molar-refractivity contribution in [3.05, 3.63) is 42.0 Å². The van der Waals surface area contributed by atoms with Gasteiger partial charge in [0.1, 0.15) is 0 Å². The van der Waals surface area contributed by atoms with Crippen LogP contribution in [0.5, 0.6) is 0 Å². The van der Waals surface area contributed by atoms with E-state index in [0.29, 0.717) is 29.6 Å². The molecule has 4 aliphatic rings.